The van der Waals surface area contributed by atoms with E-state index in [0.29, 0.717) is 16.5 Å². The standard InChI is InChI=1S/C24H16F3N5O2S/c25-24(26,27)15-6-4-7-16(12-15)31-11-5-8-17(31)13-19-21(28)32-23(29-22(19)33)35-20(30-32)14-34-18-9-2-1-3-10-18/h1-13,28H,14H2/b19-13+,28-21?. The summed E-state index contributed by atoms with van der Waals surface area (Å²) in [7, 11) is 0. The Bertz CT molecular complexity index is 1410. The molecule has 0 saturated carbocycles. The number of amidine groups is 2. The Morgan fingerprint density at radius 2 is 1.86 bits per heavy atom. The smallest absolute Gasteiger partial charge is 0.416 e. The Labute approximate surface area is 201 Å². The summed E-state index contributed by atoms with van der Waals surface area (Å²) in [5.41, 5.74) is -0.132. The SMILES string of the molecule is N=C1/C(=C\c2cccn2-c2cccc(C(F)(F)F)c2)C(=O)N=C2SC(COc3ccccc3)=NN12. The zero-order chi connectivity index (χ0) is 24.6. The lowest BCUT2D eigenvalue weighted by Gasteiger charge is -2.20. The molecule has 0 atom stereocenters. The molecule has 176 valence electrons. The van der Waals surface area contributed by atoms with E-state index in [1.807, 2.05) is 18.2 Å². The molecule has 3 heterocycles. The Hall–Kier alpha value is -4.12. The maximum atomic E-state index is 13.2. The summed E-state index contributed by atoms with van der Waals surface area (Å²) in [6, 6.07) is 17.3. The zero-order valence-corrected chi connectivity index (χ0v) is 18.7. The monoisotopic (exact) mass is 495 g/mol. The van der Waals surface area contributed by atoms with Gasteiger partial charge in [-0.2, -0.15) is 28.3 Å². The number of para-hydroxylation sites is 1. The first kappa shape index (κ1) is 22.7. The van der Waals surface area contributed by atoms with Gasteiger partial charge in [-0.25, -0.2) is 0 Å². The summed E-state index contributed by atoms with van der Waals surface area (Å²) >= 11 is 1.14. The minimum absolute atomic E-state index is 0.0322. The van der Waals surface area contributed by atoms with Crippen LogP contribution in [0.5, 0.6) is 5.75 Å². The first-order valence-electron chi connectivity index (χ1n) is 10.3. The molecule has 11 heteroatoms. The number of hydrogen-bond donors (Lipinski definition) is 1. The number of ether oxygens (including phenoxy) is 1. The number of carbonyl (C=O) groups excluding carboxylic acids is 1. The highest BCUT2D eigenvalue weighted by molar-refractivity contribution is 8.27. The van der Waals surface area contributed by atoms with Gasteiger partial charge in [0.2, 0.25) is 5.17 Å². The molecular weight excluding hydrogens is 479 g/mol. The summed E-state index contributed by atoms with van der Waals surface area (Å²) < 4.78 is 46.7. The maximum Gasteiger partial charge on any atom is 0.416 e. The van der Waals surface area contributed by atoms with Crippen LogP contribution in [0.15, 0.2) is 88.6 Å². The first-order chi connectivity index (χ1) is 16.8. The third kappa shape index (κ3) is 4.62. The average Bonchev–Trinajstić information content (AvgIpc) is 3.47. The maximum absolute atomic E-state index is 13.2. The molecule has 7 nitrogen and oxygen atoms in total. The molecule has 1 N–H and O–H groups in total. The predicted octanol–water partition coefficient (Wildman–Crippen LogP) is 5.19. The molecular formula is C24H16F3N5O2S. The Kier molecular flexibility index (Phi) is 5.77. The summed E-state index contributed by atoms with van der Waals surface area (Å²) in [4.78, 5) is 16.8. The van der Waals surface area contributed by atoms with E-state index in [1.165, 1.54) is 27.8 Å². The molecule has 0 spiro atoms. The lowest BCUT2D eigenvalue weighted by molar-refractivity contribution is -0.137. The van der Waals surface area contributed by atoms with E-state index in [2.05, 4.69) is 10.1 Å². The van der Waals surface area contributed by atoms with Crippen molar-refractivity contribution in [2.45, 2.75) is 6.18 Å². The second kappa shape index (κ2) is 8.91. The Morgan fingerprint density at radius 1 is 1.06 bits per heavy atom. The molecule has 0 bridgehead atoms. The molecule has 2 aliphatic heterocycles. The number of halogens is 3. The van der Waals surface area contributed by atoms with Crippen LogP contribution in [-0.2, 0) is 11.0 Å². The normalized spacial score (nSPS) is 16.9. The fourth-order valence-electron chi connectivity index (χ4n) is 3.48. The van der Waals surface area contributed by atoms with E-state index >= 15 is 0 Å². The molecule has 0 aliphatic carbocycles. The van der Waals surface area contributed by atoms with Crippen LogP contribution in [-0.4, -0.2) is 38.1 Å². The fourth-order valence-corrected chi connectivity index (χ4v) is 4.28. The van der Waals surface area contributed by atoms with Crippen molar-refractivity contribution in [3.8, 4) is 11.4 Å². The topological polar surface area (TPSA) is 83.0 Å². The van der Waals surface area contributed by atoms with Gasteiger partial charge < -0.3 is 9.30 Å². The fraction of sp³-hybridized carbons (Fsp3) is 0.0833. The minimum Gasteiger partial charge on any atom is -0.487 e. The van der Waals surface area contributed by atoms with Crippen molar-refractivity contribution >= 4 is 39.8 Å². The zero-order valence-electron chi connectivity index (χ0n) is 17.9. The second-order valence-electron chi connectivity index (χ2n) is 7.47. The van der Waals surface area contributed by atoms with Gasteiger partial charge in [-0.3, -0.25) is 10.2 Å². The van der Waals surface area contributed by atoms with Crippen LogP contribution >= 0.6 is 11.8 Å². The van der Waals surface area contributed by atoms with Crippen molar-refractivity contribution in [3.05, 3.63) is 89.8 Å². The van der Waals surface area contributed by atoms with E-state index in [0.717, 1.165) is 23.9 Å². The van der Waals surface area contributed by atoms with E-state index in [9.17, 15) is 18.0 Å². The van der Waals surface area contributed by atoms with Crippen LogP contribution in [0, 0.1) is 5.41 Å². The van der Waals surface area contributed by atoms with Crippen molar-refractivity contribution in [1.29, 1.82) is 5.41 Å². The van der Waals surface area contributed by atoms with Crippen LogP contribution in [0.25, 0.3) is 11.8 Å². The number of amides is 1. The van der Waals surface area contributed by atoms with Gasteiger partial charge >= 0.3 is 6.18 Å². The molecule has 1 amide bonds. The highest BCUT2D eigenvalue weighted by Gasteiger charge is 2.36. The van der Waals surface area contributed by atoms with Gasteiger partial charge in [-0.1, -0.05) is 24.3 Å². The predicted molar refractivity (Wildman–Crippen MR) is 128 cm³/mol. The number of hydrazone groups is 1. The minimum atomic E-state index is -4.48. The van der Waals surface area contributed by atoms with Crippen LogP contribution in [0.3, 0.4) is 0 Å². The largest absolute Gasteiger partial charge is 0.487 e. The molecule has 0 radical (unpaired) electrons. The molecule has 0 fully saturated rings. The lowest BCUT2D eigenvalue weighted by atomic mass is 10.1. The number of nitrogens with one attached hydrogen (secondary N) is 1. The third-order valence-electron chi connectivity index (χ3n) is 5.13. The van der Waals surface area contributed by atoms with Gasteiger partial charge in [0.05, 0.1) is 11.1 Å². The van der Waals surface area contributed by atoms with E-state index in [4.69, 9.17) is 10.1 Å². The van der Waals surface area contributed by atoms with Gasteiger partial charge in [0.15, 0.2) is 5.84 Å². The number of aliphatic imine (C=N–C) groups is 1. The van der Waals surface area contributed by atoms with E-state index < -0.39 is 17.6 Å². The van der Waals surface area contributed by atoms with Gasteiger partial charge in [-0.05, 0) is 60.3 Å². The second-order valence-corrected chi connectivity index (χ2v) is 8.51. The number of aromatic nitrogens is 1. The number of rotatable bonds is 5. The highest BCUT2D eigenvalue weighted by Crippen LogP contribution is 2.32. The first-order valence-corrected chi connectivity index (χ1v) is 11.1. The van der Waals surface area contributed by atoms with Crippen LogP contribution < -0.4 is 4.74 Å². The van der Waals surface area contributed by atoms with Gasteiger partial charge in [0.25, 0.3) is 5.91 Å². The van der Waals surface area contributed by atoms with Gasteiger partial charge in [-0.15, -0.1) is 0 Å². The summed E-state index contributed by atoms with van der Waals surface area (Å²) in [5.74, 6) is -0.158. The molecule has 2 aromatic carbocycles. The molecule has 35 heavy (non-hydrogen) atoms. The number of thioether (sulfide) groups is 1. The van der Waals surface area contributed by atoms with E-state index in [1.54, 1.807) is 30.5 Å². The number of nitrogens with zero attached hydrogens (tertiary/aromatic N) is 4. The molecule has 2 aliphatic rings. The summed E-state index contributed by atoms with van der Waals surface area (Å²) in [6.45, 7) is 0.142. The Balaban J connectivity index is 1.40. The average molecular weight is 495 g/mol. The van der Waals surface area contributed by atoms with Crippen molar-refractivity contribution < 1.29 is 22.7 Å². The number of fused-ring (bicyclic) bond motifs is 1. The molecule has 0 saturated heterocycles. The molecule has 1 aromatic heterocycles. The van der Waals surface area contributed by atoms with E-state index in [-0.39, 0.29) is 28.9 Å². The molecule has 5 rings (SSSR count). The Morgan fingerprint density at radius 3 is 2.63 bits per heavy atom. The number of alkyl halides is 3. The van der Waals surface area contributed by atoms with Gasteiger partial charge in [0, 0.05) is 17.6 Å². The van der Waals surface area contributed by atoms with Crippen LogP contribution in [0.2, 0.25) is 0 Å². The van der Waals surface area contributed by atoms with Crippen molar-refractivity contribution in [2.75, 3.05) is 6.61 Å². The quantitative estimate of drug-likeness (QED) is 0.494. The summed E-state index contributed by atoms with van der Waals surface area (Å²) in [5, 5.41) is 14.9. The molecule has 0 unspecified atom stereocenters. The van der Waals surface area contributed by atoms with Crippen molar-refractivity contribution in [2.24, 2.45) is 10.1 Å². The van der Waals surface area contributed by atoms with Crippen molar-refractivity contribution in [3.63, 3.8) is 0 Å². The third-order valence-corrected chi connectivity index (χ3v) is 6.01. The molecule has 3 aromatic rings. The van der Waals surface area contributed by atoms with Crippen LogP contribution in [0.1, 0.15) is 11.3 Å². The lowest BCUT2D eigenvalue weighted by Crippen LogP contribution is -2.35. The summed E-state index contributed by atoms with van der Waals surface area (Å²) in [6.07, 6.45) is -1.48. The van der Waals surface area contributed by atoms with Crippen LogP contribution in [0.4, 0.5) is 13.2 Å². The number of hydrogen-bond acceptors (Lipinski definition) is 5. The highest BCUT2D eigenvalue weighted by atomic mass is 32.2. The van der Waals surface area contributed by atoms with Crippen molar-refractivity contribution in [1.82, 2.24) is 9.58 Å². The number of benzene rings is 2. The van der Waals surface area contributed by atoms with Gasteiger partial charge in [0.1, 0.15) is 17.4 Å². The number of carbonyl (C=O) groups is 1.